The number of esters is 2. The molecule has 0 amide bonds. The molecule has 10 heteroatoms. The Bertz CT molecular complexity index is 1800. The van der Waals surface area contributed by atoms with Gasteiger partial charge in [0, 0.05) is 12.8 Å². The van der Waals surface area contributed by atoms with Gasteiger partial charge < -0.3 is 18.9 Å². The summed E-state index contributed by atoms with van der Waals surface area (Å²) in [6.45, 7) is 4.29. The smallest absolute Gasteiger partial charge is 0.462 e. The van der Waals surface area contributed by atoms with E-state index in [1.165, 1.54) is 141 Å². The van der Waals surface area contributed by atoms with E-state index in [0.29, 0.717) is 17.4 Å². The van der Waals surface area contributed by atoms with E-state index >= 15 is 0 Å². The van der Waals surface area contributed by atoms with E-state index in [1.54, 1.807) is 0 Å². The number of rotatable bonds is 60. The second kappa shape index (κ2) is 62.0. The van der Waals surface area contributed by atoms with Crippen LogP contribution in [0.4, 0.5) is 0 Å². The van der Waals surface area contributed by atoms with Crippen LogP contribution in [0.25, 0.3) is 0 Å². The Morgan fingerprint density at radius 3 is 1.06 bits per heavy atom. The summed E-state index contributed by atoms with van der Waals surface area (Å²) in [5, 5.41) is 0. The van der Waals surface area contributed by atoms with Gasteiger partial charge in [0.05, 0.1) is 27.7 Å². The van der Waals surface area contributed by atoms with E-state index < -0.39 is 26.5 Å². The minimum Gasteiger partial charge on any atom is -0.462 e. The van der Waals surface area contributed by atoms with Crippen molar-refractivity contribution in [3.8, 4) is 0 Å². The molecular formula is C72H125NO8P+. The molecule has 0 aliphatic carbocycles. The van der Waals surface area contributed by atoms with Crippen molar-refractivity contribution in [1.82, 2.24) is 0 Å². The number of hydrogen-bond acceptors (Lipinski definition) is 7. The number of quaternary nitrogens is 1. The molecule has 82 heavy (non-hydrogen) atoms. The predicted octanol–water partition coefficient (Wildman–Crippen LogP) is 21.5. The number of likely N-dealkylation sites (N-methyl/N-ethyl adjacent to an activating group) is 1. The summed E-state index contributed by atoms with van der Waals surface area (Å²) < 4.78 is 34.6. The lowest BCUT2D eigenvalue weighted by molar-refractivity contribution is -0.870. The Morgan fingerprint density at radius 2 is 0.695 bits per heavy atom. The summed E-state index contributed by atoms with van der Waals surface area (Å²) in [6, 6.07) is 0. The summed E-state index contributed by atoms with van der Waals surface area (Å²) in [6.07, 6.45) is 88.6. The molecule has 0 spiro atoms. The second-order valence-electron chi connectivity index (χ2n) is 23.1. The number of nitrogens with zero attached hydrogens (tertiary/aromatic N) is 1. The van der Waals surface area contributed by atoms with Gasteiger partial charge in [-0.2, -0.15) is 0 Å². The van der Waals surface area contributed by atoms with E-state index in [-0.39, 0.29) is 32.0 Å². The number of ether oxygens (including phenoxy) is 2. The van der Waals surface area contributed by atoms with Crippen LogP contribution < -0.4 is 0 Å². The lowest BCUT2D eigenvalue weighted by Crippen LogP contribution is -2.37. The van der Waals surface area contributed by atoms with Crippen LogP contribution in [0.3, 0.4) is 0 Å². The molecule has 0 aromatic rings. The summed E-state index contributed by atoms with van der Waals surface area (Å²) in [7, 11) is 1.44. The molecule has 0 radical (unpaired) electrons. The number of phosphoric acid groups is 1. The number of carbonyl (C=O) groups is 2. The van der Waals surface area contributed by atoms with Crippen molar-refractivity contribution in [3.05, 3.63) is 122 Å². The van der Waals surface area contributed by atoms with Gasteiger partial charge in [-0.1, -0.05) is 270 Å². The monoisotopic (exact) mass is 1160 g/mol. The molecule has 2 atom stereocenters. The van der Waals surface area contributed by atoms with Gasteiger partial charge in [0.2, 0.25) is 0 Å². The van der Waals surface area contributed by atoms with E-state index in [9.17, 15) is 19.0 Å². The first-order chi connectivity index (χ1) is 40.0. The largest absolute Gasteiger partial charge is 0.472 e. The molecule has 9 nitrogen and oxygen atoms in total. The normalized spacial score (nSPS) is 14.0. The molecular weight excluding hydrogens is 1040 g/mol. The van der Waals surface area contributed by atoms with Crippen molar-refractivity contribution in [2.45, 2.75) is 277 Å². The second-order valence-corrected chi connectivity index (χ2v) is 24.6. The first kappa shape index (κ1) is 78.4. The summed E-state index contributed by atoms with van der Waals surface area (Å²) in [5.41, 5.74) is 0. The minimum atomic E-state index is -4.41. The van der Waals surface area contributed by atoms with E-state index in [0.717, 1.165) is 96.3 Å². The average molecular weight is 1160 g/mol. The molecule has 0 aliphatic heterocycles. The zero-order valence-electron chi connectivity index (χ0n) is 53.4. The van der Waals surface area contributed by atoms with Gasteiger partial charge in [-0.25, -0.2) is 4.57 Å². The quantitative estimate of drug-likeness (QED) is 0.0211. The van der Waals surface area contributed by atoms with Crippen LogP contribution in [-0.4, -0.2) is 74.9 Å². The highest BCUT2D eigenvalue weighted by Gasteiger charge is 2.27. The van der Waals surface area contributed by atoms with Crippen molar-refractivity contribution < 1.29 is 42.1 Å². The molecule has 0 heterocycles. The molecule has 1 N–H and O–H groups in total. The average Bonchev–Trinajstić information content (AvgIpc) is 3.46. The SMILES string of the molecule is CC/C=C\C/C=C\C/C=C\C/C=C\C/C=C\C/C=C\C/C=C\C/C=C\C/C=C\CCCCCC(=O)OC(COC(=O)CCCCCCCCCCCCCCCCC/C=C\CCCCCCCCCC)COP(=O)(O)OCC[N+](C)(C)C. The van der Waals surface area contributed by atoms with Crippen LogP contribution in [0.15, 0.2) is 122 Å². The van der Waals surface area contributed by atoms with Crippen molar-refractivity contribution in [1.29, 1.82) is 0 Å². The Balaban J connectivity index is 4.19. The van der Waals surface area contributed by atoms with Crippen LogP contribution in [0.1, 0.15) is 271 Å². The summed E-state index contributed by atoms with van der Waals surface area (Å²) in [5.74, 6) is -0.837. The molecule has 470 valence electrons. The number of allylic oxidation sites excluding steroid dienone is 20. The molecule has 0 saturated heterocycles. The maximum Gasteiger partial charge on any atom is 0.472 e. The Kier molecular flexibility index (Phi) is 59.2. The molecule has 2 unspecified atom stereocenters. The lowest BCUT2D eigenvalue weighted by atomic mass is 10.0. The first-order valence-corrected chi connectivity index (χ1v) is 34.8. The van der Waals surface area contributed by atoms with Crippen LogP contribution >= 0.6 is 7.82 Å². The maximum atomic E-state index is 12.8. The lowest BCUT2D eigenvalue weighted by Gasteiger charge is -2.24. The van der Waals surface area contributed by atoms with Crippen molar-refractivity contribution >= 4 is 19.8 Å². The van der Waals surface area contributed by atoms with Crippen LogP contribution in [0.5, 0.6) is 0 Å². The van der Waals surface area contributed by atoms with Gasteiger partial charge in [0.1, 0.15) is 19.8 Å². The van der Waals surface area contributed by atoms with Gasteiger partial charge in [-0.3, -0.25) is 18.6 Å². The zero-order valence-corrected chi connectivity index (χ0v) is 54.3. The molecule has 0 aromatic carbocycles. The first-order valence-electron chi connectivity index (χ1n) is 33.3. The number of carbonyl (C=O) groups excluding carboxylic acids is 2. The number of hydrogen-bond donors (Lipinski definition) is 1. The highest BCUT2D eigenvalue weighted by molar-refractivity contribution is 7.47. The third-order valence-electron chi connectivity index (χ3n) is 14.0. The summed E-state index contributed by atoms with van der Waals surface area (Å²) >= 11 is 0. The Labute approximate surface area is 505 Å². The Morgan fingerprint density at radius 1 is 0.390 bits per heavy atom. The molecule has 0 bridgehead atoms. The van der Waals surface area contributed by atoms with Crippen LogP contribution in [-0.2, 0) is 32.7 Å². The van der Waals surface area contributed by atoms with Crippen molar-refractivity contribution in [2.75, 3.05) is 47.5 Å². The van der Waals surface area contributed by atoms with E-state index in [4.69, 9.17) is 18.5 Å². The molecule has 0 aliphatic rings. The molecule has 0 saturated carbocycles. The standard InChI is InChI=1S/C72H124NO8P/c1-6-8-10-12-14-16-18-20-22-24-26-28-30-32-34-35-36-37-39-41-43-45-47-49-51-53-55-57-59-61-63-65-72(75)81-70(69-80-82(76,77)79-67-66-73(3,4)5)68-78-71(74)64-62-60-58-56-54-52-50-48-46-44-42-40-38-33-31-29-27-25-23-21-19-17-15-13-11-9-7-2/h8,10,14,16,20,22,25-28,32,34,36-37,41,43,47,49,53,55,70H,6-7,9,11-13,15,17-19,21,23-24,29-31,33,35,38-40,42,44-46,48,50-52,54,56-69H2,1-5H3/p+1/b10-8-,16-14-,22-20-,27-25-,28-26-,34-32-,37-36-,43-41-,49-47-,55-53-. The third-order valence-corrected chi connectivity index (χ3v) is 15.0. The zero-order chi connectivity index (χ0) is 59.8. The highest BCUT2D eigenvalue weighted by atomic mass is 31.2. The van der Waals surface area contributed by atoms with Crippen LogP contribution in [0, 0.1) is 0 Å². The van der Waals surface area contributed by atoms with Crippen LogP contribution in [0.2, 0.25) is 0 Å². The van der Waals surface area contributed by atoms with E-state index in [2.05, 4.69) is 135 Å². The number of unbranched alkanes of at least 4 members (excludes halogenated alkanes) is 26. The summed E-state index contributed by atoms with van der Waals surface area (Å²) in [4.78, 5) is 35.8. The third kappa shape index (κ3) is 65.6. The van der Waals surface area contributed by atoms with Crippen molar-refractivity contribution in [2.24, 2.45) is 0 Å². The number of phosphoric ester groups is 1. The maximum absolute atomic E-state index is 12.8. The van der Waals surface area contributed by atoms with Gasteiger partial charge in [-0.05, 0) is 109 Å². The van der Waals surface area contributed by atoms with Gasteiger partial charge in [0.25, 0.3) is 0 Å². The Hall–Kier alpha value is -3.59. The fraction of sp³-hybridized carbons (Fsp3) is 0.694. The van der Waals surface area contributed by atoms with E-state index in [1.807, 2.05) is 21.1 Å². The van der Waals surface area contributed by atoms with Gasteiger partial charge in [-0.15, -0.1) is 0 Å². The highest BCUT2D eigenvalue weighted by Crippen LogP contribution is 2.43. The molecule has 0 rings (SSSR count). The topological polar surface area (TPSA) is 108 Å². The molecule has 0 fully saturated rings. The van der Waals surface area contributed by atoms with Crippen molar-refractivity contribution in [3.63, 3.8) is 0 Å². The van der Waals surface area contributed by atoms with Gasteiger partial charge in [0.15, 0.2) is 6.10 Å². The fourth-order valence-corrected chi connectivity index (χ4v) is 9.63. The minimum absolute atomic E-state index is 0.0192. The predicted molar refractivity (Wildman–Crippen MR) is 353 cm³/mol. The fourth-order valence-electron chi connectivity index (χ4n) is 8.89. The molecule has 0 aromatic heterocycles. The van der Waals surface area contributed by atoms with Gasteiger partial charge >= 0.3 is 19.8 Å².